The number of carboxylic acids is 1. The Morgan fingerprint density at radius 3 is 2.75 bits per heavy atom. The zero-order valence-corrected chi connectivity index (χ0v) is 11.8. The quantitative estimate of drug-likeness (QED) is 0.842. The lowest BCUT2D eigenvalue weighted by Crippen LogP contribution is -2.44. The van der Waals surface area contributed by atoms with E-state index in [2.05, 4.69) is 5.32 Å². The van der Waals surface area contributed by atoms with Crippen molar-refractivity contribution in [2.45, 2.75) is 25.8 Å². The summed E-state index contributed by atoms with van der Waals surface area (Å²) in [6.07, 6.45) is 1.68. The molecular weight excluding hydrogens is 282 g/mol. The van der Waals surface area contributed by atoms with Gasteiger partial charge in [-0.2, -0.15) is 0 Å². The number of nitrogens with one attached hydrogen (secondary N) is 1. The molecule has 0 bridgehead atoms. The molecule has 0 spiro atoms. The van der Waals surface area contributed by atoms with Gasteiger partial charge in [0.2, 0.25) is 0 Å². The van der Waals surface area contributed by atoms with E-state index in [4.69, 9.17) is 21.4 Å². The van der Waals surface area contributed by atoms with Crippen molar-refractivity contribution >= 4 is 23.5 Å². The molecule has 1 fully saturated rings. The number of aryl methyl sites for hydroxylation is 1. The number of hydrogen-bond acceptors (Lipinski definition) is 3. The average molecular weight is 298 g/mol. The molecule has 6 heteroatoms. The van der Waals surface area contributed by atoms with Gasteiger partial charge >= 0.3 is 5.97 Å². The van der Waals surface area contributed by atoms with Crippen LogP contribution in [0.15, 0.2) is 18.2 Å². The minimum Gasteiger partial charge on any atom is -0.484 e. The Morgan fingerprint density at radius 2 is 2.20 bits per heavy atom. The molecule has 1 aliphatic rings. The van der Waals surface area contributed by atoms with Crippen molar-refractivity contribution in [3.63, 3.8) is 0 Å². The first-order valence-electron chi connectivity index (χ1n) is 6.38. The molecule has 0 heterocycles. The summed E-state index contributed by atoms with van der Waals surface area (Å²) in [6, 6.07) is 4.28. The summed E-state index contributed by atoms with van der Waals surface area (Å²) < 4.78 is 5.37. The van der Waals surface area contributed by atoms with Crippen LogP contribution in [0.25, 0.3) is 0 Å². The predicted octanol–water partition coefficient (Wildman–Crippen LogP) is 2.01. The van der Waals surface area contributed by atoms with Gasteiger partial charge in [-0.15, -0.1) is 0 Å². The maximum absolute atomic E-state index is 11.7. The highest BCUT2D eigenvalue weighted by atomic mass is 35.5. The van der Waals surface area contributed by atoms with E-state index in [1.54, 1.807) is 18.2 Å². The van der Waals surface area contributed by atoms with E-state index >= 15 is 0 Å². The molecule has 5 nitrogen and oxygen atoms in total. The summed E-state index contributed by atoms with van der Waals surface area (Å²) in [5.41, 5.74) is 0.822. The molecule has 1 aromatic rings. The fourth-order valence-electron chi connectivity index (χ4n) is 1.94. The monoisotopic (exact) mass is 297 g/mol. The van der Waals surface area contributed by atoms with E-state index in [0.29, 0.717) is 10.8 Å². The van der Waals surface area contributed by atoms with Gasteiger partial charge in [0.15, 0.2) is 6.61 Å². The maximum atomic E-state index is 11.7. The number of carbonyl (C=O) groups excluding carboxylic acids is 1. The Kier molecular flexibility index (Phi) is 4.49. The minimum atomic E-state index is -0.997. The Balaban J connectivity index is 1.86. The van der Waals surface area contributed by atoms with E-state index in [1.165, 1.54) is 0 Å². The molecule has 1 amide bonds. The van der Waals surface area contributed by atoms with Crippen molar-refractivity contribution in [2.75, 3.05) is 6.61 Å². The third kappa shape index (κ3) is 3.87. The van der Waals surface area contributed by atoms with Crippen LogP contribution in [0, 0.1) is 12.8 Å². The molecule has 0 saturated heterocycles. The minimum absolute atomic E-state index is 0.0497. The maximum Gasteiger partial charge on any atom is 0.326 e. The average Bonchev–Trinajstić information content (AvgIpc) is 3.18. The number of benzene rings is 1. The summed E-state index contributed by atoms with van der Waals surface area (Å²) in [4.78, 5) is 22.7. The topological polar surface area (TPSA) is 75.6 Å². The molecule has 1 unspecified atom stereocenters. The molecule has 108 valence electrons. The summed E-state index contributed by atoms with van der Waals surface area (Å²) in [5, 5.41) is 12.1. The first kappa shape index (κ1) is 14.7. The standard InChI is InChI=1S/C14H16ClNO4/c1-8-6-10(15)4-5-11(8)20-7-12(17)16-13(14(18)19)9-2-3-9/h4-6,9,13H,2-3,7H2,1H3,(H,16,17)(H,18,19). The molecule has 2 N–H and O–H groups in total. The number of aliphatic carboxylic acids is 1. The third-order valence-electron chi connectivity index (χ3n) is 3.17. The highest BCUT2D eigenvalue weighted by molar-refractivity contribution is 6.30. The van der Waals surface area contributed by atoms with Gasteiger partial charge in [0, 0.05) is 5.02 Å². The van der Waals surface area contributed by atoms with Gasteiger partial charge in [-0.05, 0) is 49.4 Å². The van der Waals surface area contributed by atoms with E-state index in [1.807, 2.05) is 6.92 Å². The molecule has 2 rings (SSSR count). The van der Waals surface area contributed by atoms with Gasteiger partial charge in [0.25, 0.3) is 5.91 Å². The van der Waals surface area contributed by atoms with Crippen LogP contribution in [-0.4, -0.2) is 29.6 Å². The van der Waals surface area contributed by atoms with E-state index in [9.17, 15) is 9.59 Å². The van der Waals surface area contributed by atoms with Gasteiger partial charge in [-0.3, -0.25) is 4.79 Å². The first-order chi connectivity index (χ1) is 9.47. The zero-order valence-electron chi connectivity index (χ0n) is 11.1. The molecule has 1 atom stereocenters. The van der Waals surface area contributed by atoms with Crippen LogP contribution in [0.3, 0.4) is 0 Å². The van der Waals surface area contributed by atoms with Crippen LogP contribution < -0.4 is 10.1 Å². The van der Waals surface area contributed by atoms with Gasteiger partial charge < -0.3 is 15.2 Å². The van der Waals surface area contributed by atoms with E-state index in [0.717, 1.165) is 18.4 Å². The molecule has 0 aromatic heterocycles. The predicted molar refractivity (Wildman–Crippen MR) is 74.0 cm³/mol. The summed E-state index contributed by atoms with van der Waals surface area (Å²) in [7, 11) is 0. The van der Waals surface area contributed by atoms with Gasteiger partial charge in [0.1, 0.15) is 11.8 Å². The van der Waals surface area contributed by atoms with Gasteiger partial charge in [-0.1, -0.05) is 11.6 Å². The molecule has 0 radical (unpaired) electrons. The van der Waals surface area contributed by atoms with Crippen molar-refractivity contribution < 1.29 is 19.4 Å². The van der Waals surface area contributed by atoms with Crippen LogP contribution in [0.5, 0.6) is 5.75 Å². The number of hydrogen-bond donors (Lipinski definition) is 2. The molecule has 1 saturated carbocycles. The lowest BCUT2D eigenvalue weighted by molar-refractivity contribution is -0.142. The normalized spacial score (nSPS) is 15.5. The Hall–Kier alpha value is -1.75. The lowest BCUT2D eigenvalue weighted by atomic mass is 10.2. The number of ether oxygens (including phenoxy) is 1. The van der Waals surface area contributed by atoms with Crippen molar-refractivity contribution in [3.05, 3.63) is 28.8 Å². The second kappa shape index (κ2) is 6.13. The summed E-state index contributed by atoms with van der Waals surface area (Å²) in [6.45, 7) is 1.61. The van der Waals surface area contributed by atoms with Crippen molar-refractivity contribution in [1.29, 1.82) is 0 Å². The summed E-state index contributed by atoms with van der Waals surface area (Å²) >= 11 is 5.83. The van der Waals surface area contributed by atoms with Crippen LogP contribution in [0.2, 0.25) is 5.02 Å². The van der Waals surface area contributed by atoms with E-state index in [-0.39, 0.29) is 12.5 Å². The van der Waals surface area contributed by atoms with Crippen molar-refractivity contribution in [3.8, 4) is 5.75 Å². The number of halogens is 1. The third-order valence-corrected chi connectivity index (χ3v) is 3.41. The zero-order chi connectivity index (χ0) is 14.7. The smallest absolute Gasteiger partial charge is 0.326 e. The number of carboxylic acid groups (broad SMARTS) is 1. The van der Waals surface area contributed by atoms with Gasteiger partial charge in [-0.25, -0.2) is 4.79 Å². The SMILES string of the molecule is Cc1cc(Cl)ccc1OCC(=O)NC(C(=O)O)C1CC1. The molecule has 0 aliphatic heterocycles. The summed E-state index contributed by atoms with van der Waals surface area (Å²) in [5.74, 6) is -0.821. The molecule has 1 aromatic carbocycles. The van der Waals surface area contributed by atoms with Crippen molar-refractivity contribution in [1.82, 2.24) is 5.32 Å². The Bertz CT molecular complexity index is 528. The number of rotatable bonds is 6. The highest BCUT2D eigenvalue weighted by Gasteiger charge is 2.37. The number of carbonyl (C=O) groups is 2. The fourth-order valence-corrected chi connectivity index (χ4v) is 2.17. The van der Waals surface area contributed by atoms with Crippen LogP contribution >= 0.6 is 11.6 Å². The molecule has 1 aliphatic carbocycles. The lowest BCUT2D eigenvalue weighted by Gasteiger charge is -2.14. The Morgan fingerprint density at radius 1 is 1.50 bits per heavy atom. The molecule has 20 heavy (non-hydrogen) atoms. The largest absolute Gasteiger partial charge is 0.484 e. The van der Waals surface area contributed by atoms with Crippen LogP contribution in [0.4, 0.5) is 0 Å². The second-order valence-corrected chi connectivity index (χ2v) is 5.36. The first-order valence-corrected chi connectivity index (χ1v) is 6.76. The second-order valence-electron chi connectivity index (χ2n) is 4.92. The Labute approximate surface area is 121 Å². The van der Waals surface area contributed by atoms with Crippen LogP contribution in [0.1, 0.15) is 18.4 Å². The van der Waals surface area contributed by atoms with Crippen LogP contribution in [-0.2, 0) is 9.59 Å². The van der Waals surface area contributed by atoms with Crippen molar-refractivity contribution in [2.24, 2.45) is 5.92 Å². The van der Waals surface area contributed by atoms with E-state index < -0.39 is 17.9 Å². The molecular formula is C14H16ClNO4. The fraction of sp³-hybridized carbons (Fsp3) is 0.429. The highest BCUT2D eigenvalue weighted by Crippen LogP contribution is 2.32. The number of amides is 1. The van der Waals surface area contributed by atoms with Gasteiger partial charge in [0.05, 0.1) is 0 Å².